The van der Waals surface area contributed by atoms with Crippen LogP contribution in [0, 0.1) is 0 Å². The fraction of sp³-hybridized carbons (Fsp3) is 0.800. The first kappa shape index (κ1) is 33.9. The molecule has 0 spiro atoms. The van der Waals surface area contributed by atoms with Crippen LogP contribution >= 0.6 is 0 Å². The fourth-order valence-electron chi connectivity index (χ4n) is 6.12. The Kier molecular flexibility index (Phi) is 11.9. The Balaban J connectivity index is 1.80. The number of nitrogens with one attached hydrogen (secondary N) is 3. The van der Waals surface area contributed by atoms with Crippen LogP contribution in [0.2, 0.25) is 0 Å². The van der Waals surface area contributed by atoms with Crippen LogP contribution in [-0.2, 0) is 24.2 Å². The highest BCUT2D eigenvalue weighted by Gasteiger charge is 2.43. The molecular formula is C30H50N4O7S. The zero-order chi connectivity index (χ0) is 31.0. The molecule has 3 rings (SSSR count). The number of carbonyl (C=O) groups is 4. The highest BCUT2D eigenvalue weighted by atomic mass is 32.2. The second-order valence-corrected chi connectivity index (χ2v) is 15.9. The average Bonchev–Trinajstić information content (AvgIpc) is 3.39. The molecule has 3 atom stereocenters. The van der Waals surface area contributed by atoms with Gasteiger partial charge in [-0.2, -0.15) is 0 Å². The fourth-order valence-corrected chi connectivity index (χ4v) is 7.64. The highest BCUT2D eigenvalue weighted by Crippen LogP contribution is 2.32. The molecule has 0 unspecified atom stereocenters. The van der Waals surface area contributed by atoms with Crippen LogP contribution in [0.4, 0.5) is 4.79 Å². The molecular weight excluding hydrogens is 560 g/mol. The third-order valence-electron chi connectivity index (χ3n) is 8.80. The summed E-state index contributed by atoms with van der Waals surface area (Å²) in [6.45, 7) is 5.32. The van der Waals surface area contributed by atoms with Gasteiger partial charge in [0.15, 0.2) is 9.84 Å². The third-order valence-corrected chi connectivity index (χ3v) is 11.6. The number of sulfone groups is 1. The van der Waals surface area contributed by atoms with Crippen molar-refractivity contribution in [2.45, 2.75) is 139 Å². The van der Waals surface area contributed by atoms with Gasteiger partial charge in [-0.25, -0.2) is 18.0 Å². The summed E-state index contributed by atoms with van der Waals surface area (Å²) in [6.07, 6.45) is 13.0. The van der Waals surface area contributed by atoms with E-state index in [0.29, 0.717) is 51.5 Å². The van der Waals surface area contributed by atoms with E-state index >= 15 is 0 Å². The number of hydrogen-bond acceptors (Lipinski definition) is 6. The van der Waals surface area contributed by atoms with E-state index in [1.807, 2.05) is 12.2 Å². The maximum absolute atomic E-state index is 13.8. The maximum atomic E-state index is 13.8. The van der Waals surface area contributed by atoms with E-state index in [2.05, 4.69) is 16.0 Å². The van der Waals surface area contributed by atoms with E-state index in [0.717, 1.165) is 38.5 Å². The Morgan fingerprint density at radius 1 is 0.976 bits per heavy atom. The minimum Gasteiger partial charge on any atom is -0.480 e. The molecule has 1 saturated carbocycles. The van der Waals surface area contributed by atoms with Crippen LogP contribution in [0.1, 0.15) is 111 Å². The standard InChI is InChI=1S/C30H50N4O7S/c1-29(2,3)42(40,41)21-30(18-12-9-13-19-30)33-28(39)32-22-15-10-7-5-4-6-8-11-16-23(27(37)38)31-25(35)24-17-14-20-34(24)26(22)36/h6,8,22-24H,4-5,7,9-21H2,1-3H3,(H,31,35)(H,37,38)(H2,32,33,39)/b8-6-/t22-,23-,24-/m0/s1. The summed E-state index contributed by atoms with van der Waals surface area (Å²) in [5, 5.41) is 18.1. The lowest BCUT2D eigenvalue weighted by Gasteiger charge is -2.40. The number of rotatable bonds is 5. The summed E-state index contributed by atoms with van der Waals surface area (Å²) >= 11 is 0. The number of carbonyl (C=O) groups excluding carboxylic acids is 3. The Labute approximate surface area is 250 Å². The van der Waals surface area contributed by atoms with Gasteiger partial charge in [-0.3, -0.25) is 9.59 Å². The number of amides is 4. The van der Waals surface area contributed by atoms with Crippen molar-refractivity contribution in [2.75, 3.05) is 12.3 Å². The van der Waals surface area contributed by atoms with Crippen LogP contribution in [0.5, 0.6) is 0 Å². The van der Waals surface area contributed by atoms with Gasteiger partial charge in [0.2, 0.25) is 11.8 Å². The summed E-state index contributed by atoms with van der Waals surface area (Å²) < 4.78 is 25.4. The SMILES string of the molecule is CC(C)(C)S(=O)(=O)CC1(NC(=O)N[C@H]2CCCCC/C=C\CC[C@@H](C(=O)O)NC(=O)[C@@H]3CCCN3C2=O)CCCCC1. The van der Waals surface area contributed by atoms with Gasteiger partial charge in [0.25, 0.3) is 0 Å². The second-order valence-electron chi connectivity index (χ2n) is 13.1. The quantitative estimate of drug-likeness (QED) is 0.347. The Morgan fingerprint density at radius 2 is 1.64 bits per heavy atom. The molecule has 42 heavy (non-hydrogen) atoms. The number of carboxylic acid groups (broad SMARTS) is 1. The first-order valence-electron chi connectivity index (χ1n) is 15.5. The smallest absolute Gasteiger partial charge is 0.326 e. The number of urea groups is 1. The van der Waals surface area contributed by atoms with E-state index < -0.39 is 56.2 Å². The van der Waals surface area contributed by atoms with Gasteiger partial charge in [0.1, 0.15) is 18.1 Å². The van der Waals surface area contributed by atoms with Crippen LogP contribution in [0.3, 0.4) is 0 Å². The lowest BCUT2D eigenvalue weighted by atomic mass is 9.83. The summed E-state index contributed by atoms with van der Waals surface area (Å²) in [7, 11) is -3.52. The molecule has 4 N–H and O–H groups in total. The number of hydrogen-bond donors (Lipinski definition) is 4. The van der Waals surface area contributed by atoms with E-state index in [-0.39, 0.29) is 18.1 Å². The van der Waals surface area contributed by atoms with Gasteiger partial charge in [-0.15, -0.1) is 0 Å². The number of fused-ring (bicyclic) bond motifs is 1. The molecule has 3 aliphatic rings. The minimum atomic E-state index is -3.52. The molecule has 2 aliphatic heterocycles. The monoisotopic (exact) mass is 610 g/mol. The molecule has 1 saturated heterocycles. The van der Waals surface area contributed by atoms with Crippen molar-refractivity contribution >= 4 is 33.7 Å². The van der Waals surface area contributed by atoms with Crippen LogP contribution in [0.15, 0.2) is 12.2 Å². The minimum absolute atomic E-state index is 0.165. The summed E-state index contributed by atoms with van der Waals surface area (Å²) in [6, 6.07) is -3.33. The molecule has 0 aromatic rings. The van der Waals surface area contributed by atoms with Gasteiger partial charge in [0.05, 0.1) is 16.0 Å². The predicted octanol–water partition coefficient (Wildman–Crippen LogP) is 3.43. The Morgan fingerprint density at radius 3 is 2.31 bits per heavy atom. The van der Waals surface area contributed by atoms with Gasteiger partial charge >= 0.3 is 12.0 Å². The molecule has 2 fully saturated rings. The molecule has 0 radical (unpaired) electrons. The first-order chi connectivity index (χ1) is 19.7. The Bertz CT molecular complexity index is 1110. The highest BCUT2D eigenvalue weighted by molar-refractivity contribution is 7.92. The van der Waals surface area contributed by atoms with Crippen molar-refractivity contribution in [3.05, 3.63) is 12.2 Å². The van der Waals surface area contributed by atoms with Gasteiger partial charge in [-0.05, 0) is 78.6 Å². The molecule has 0 aromatic heterocycles. The van der Waals surface area contributed by atoms with E-state index in [4.69, 9.17) is 0 Å². The van der Waals surface area contributed by atoms with Crippen molar-refractivity contribution in [3.8, 4) is 0 Å². The lowest BCUT2D eigenvalue weighted by molar-refractivity contribution is -0.144. The number of nitrogens with zero attached hydrogens (tertiary/aromatic N) is 1. The number of allylic oxidation sites excluding steroid dienone is 2. The molecule has 4 amide bonds. The van der Waals surface area contributed by atoms with Crippen LogP contribution in [0.25, 0.3) is 0 Å². The van der Waals surface area contributed by atoms with Crippen molar-refractivity contribution in [1.82, 2.24) is 20.9 Å². The summed E-state index contributed by atoms with van der Waals surface area (Å²) in [5.41, 5.74) is -0.913. The number of aliphatic carboxylic acids is 1. The first-order valence-corrected chi connectivity index (χ1v) is 17.2. The molecule has 12 heteroatoms. The lowest BCUT2D eigenvalue weighted by Crippen LogP contribution is -2.61. The average molecular weight is 611 g/mol. The van der Waals surface area contributed by atoms with Gasteiger partial charge in [0, 0.05) is 6.54 Å². The Hall–Kier alpha value is -2.63. The molecule has 11 nitrogen and oxygen atoms in total. The van der Waals surface area contributed by atoms with Gasteiger partial charge in [-0.1, -0.05) is 44.3 Å². The van der Waals surface area contributed by atoms with Crippen molar-refractivity contribution in [1.29, 1.82) is 0 Å². The maximum Gasteiger partial charge on any atom is 0.326 e. The zero-order valence-corrected chi connectivity index (χ0v) is 26.3. The predicted molar refractivity (Wildman–Crippen MR) is 161 cm³/mol. The van der Waals surface area contributed by atoms with Gasteiger partial charge < -0.3 is 26.0 Å². The number of carboxylic acids is 1. The van der Waals surface area contributed by atoms with E-state index in [1.165, 1.54) is 4.90 Å². The zero-order valence-electron chi connectivity index (χ0n) is 25.5. The van der Waals surface area contributed by atoms with Crippen LogP contribution in [-0.4, -0.2) is 82.9 Å². The normalized spacial score (nSPS) is 27.4. The summed E-state index contributed by atoms with van der Waals surface area (Å²) in [5.74, 6) is -2.15. The molecule has 1 aliphatic carbocycles. The van der Waals surface area contributed by atoms with E-state index in [1.54, 1.807) is 20.8 Å². The summed E-state index contributed by atoms with van der Waals surface area (Å²) in [4.78, 5) is 53.7. The van der Waals surface area contributed by atoms with Crippen molar-refractivity contribution < 1.29 is 32.7 Å². The second kappa shape index (κ2) is 14.7. The van der Waals surface area contributed by atoms with Crippen molar-refractivity contribution in [3.63, 3.8) is 0 Å². The molecule has 238 valence electrons. The largest absolute Gasteiger partial charge is 0.480 e. The third kappa shape index (κ3) is 9.18. The molecule has 2 heterocycles. The van der Waals surface area contributed by atoms with E-state index in [9.17, 15) is 32.7 Å². The van der Waals surface area contributed by atoms with Crippen LogP contribution < -0.4 is 16.0 Å². The topological polar surface area (TPSA) is 162 Å². The van der Waals surface area contributed by atoms with Crippen molar-refractivity contribution in [2.24, 2.45) is 0 Å². The molecule has 0 bridgehead atoms. The molecule has 0 aromatic carbocycles.